The van der Waals surface area contributed by atoms with E-state index in [2.05, 4.69) is 5.32 Å². The monoisotopic (exact) mass is 236 g/mol. The van der Waals surface area contributed by atoms with Gasteiger partial charge in [-0.05, 0) is 29.3 Å². The van der Waals surface area contributed by atoms with Crippen LogP contribution in [0.2, 0.25) is 5.02 Å². The van der Waals surface area contributed by atoms with E-state index in [-0.39, 0.29) is 6.54 Å². The fourth-order valence-corrected chi connectivity index (χ4v) is 1.38. The molecule has 0 fully saturated rings. The van der Waals surface area contributed by atoms with Crippen molar-refractivity contribution in [2.75, 3.05) is 0 Å². The highest BCUT2D eigenvalue weighted by molar-refractivity contribution is 6.30. The van der Waals surface area contributed by atoms with Crippen LogP contribution in [-0.2, 0) is 6.54 Å². The van der Waals surface area contributed by atoms with E-state index in [1.54, 1.807) is 24.3 Å². The molecule has 4 nitrogen and oxygen atoms in total. The average Bonchev–Trinajstić information content (AvgIpc) is 2.25. The van der Waals surface area contributed by atoms with Crippen molar-refractivity contribution < 1.29 is 9.90 Å². The first-order valence-electron chi connectivity index (χ1n) is 4.45. The minimum atomic E-state index is -1.10. The van der Waals surface area contributed by atoms with E-state index >= 15 is 0 Å². The third-order valence-electron chi connectivity index (χ3n) is 1.87. The largest absolute Gasteiger partial charge is 0.465 e. The Bertz CT molecular complexity index is 464. The molecule has 1 aromatic rings. The summed E-state index contributed by atoms with van der Waals surface area (Å²) in [6.45, 7) is 0.154. The Balaban J connectivity index is 2.94. The number of nitrogens with zero attached hydrogens (tertiary/aromatic N) is 1. The summed E-state index contributed by atoms with van der Waals surface area (Å²) < 4.78 is 0. The van der Waals surface area contributed by atoms with Gasteiger partial charge in [-0.3, -0.25) is 0 Å². The maximum absolute atomic E-state index is 10.4. The van der Waals surface area contributed by atoms with Crippen LogP contribution in [0.1, 0.15) is 11.1 Å². The molecule has 0 aliphatic carbocycles. The first-order valence-corrected chi connectivity index (χ1v) is 4.82. The Labute approximate surface area is 97.8 Å². The van der Waals surface area contributed by atoms with E-state index in [1.807, 2.05) is 6.07 Å². The van der Waals surface area contributed by atoms with Gasteiger partial charge in [-0.15, -0.1) is 0 Å². The number of carboxylic acid groups (broad SMARTS) is 1. The number of halogens is 1. The van der Waals surface area contributed by atoms with Gasteiger partial charge in [0.05, 0.1) is 6.07 Å². The van der Waals surface area contributed by atoms with Gasteiger partial charge < -0.3 is 10.4 Å². The lowest BCUT2D eigenvalue weighted by Gasteiger charge is -2.06. The molecule has 0 aromatic heterocycles. The molecular weight excluding hydrogens is 228 g/mol. The standard InChI is InChI=1S/C11H9ClN2O2/c12-10-4-3-8(2-1-5-13)9(6-10)7-14-11(15)16/h1-4,6,14H,7H2,(H,15,16). The molecule has 5 heteroatoms. The van der Waals surface area contributed by atoms with Crippen LogP contribution in [0.15, 0.2) is 24.3 Å². The van der Waals surface area contributed by atoms with Gasteiger partial charge >= 0.3 is 6.09 Å². The number of carbonyl (C=O) groups is 1. The van der Waals surface area contributed by atoms with Crippen LogP contribution in [0.3, 0.4) is 0 Å². The Kier molecular flexibility index (Phi) is 4.37. The second kappa shape index (κ2) is 5.79. The molecule has 1 amide bonds. The van der Waals surface area contributed by atoms with Crippen molar-refractivity contribution in [3.63, 3.8) is 0 Å². The lowest BCUT2D eigenvalue weighted by Crippen LogP contribution is -2.20. The number of amides is 1. The Hall–Kier alpha value is -1.99. The topological polar surface area (TPSA) is 73.1 Å². The van der Waals surface area contributed by atoms with Gasteiger partial charge in [0.2, 0.25) is 0 Å². The predicted octanol–water partition coefficient (Wildman–Crippen LogP) is 2.64. The van der Waals surface area contributed by atoms with Crippen molar-refractivity contribution in [3.05, 3.63) is 40.4 Å². The van der Waals surface area contributed by atoms with Crippen molar-refractivity contribution in [3.8, 4) is 6.07 Å². The number of allylic oxidation sites excluding steroid dienone is 1. The van der Waals surface area contributed by atoms with Crippen molar-refractivity contribution in [2.45, 2.75) is 6.54 Å². The van der Waals surface area contributed by atoms with Crippen LogP contribution in [0.4, 0.5) is 4.79 Å². The molecule has 0 bridgehead atoms. The molecule has 82 valence electrons. The number of nitrogens with one attached hydrogen (secondary N) is 1. The molecule has 0 unspecified atom stereocenters. The number of hydrogen-bond donors (Lipinski definition) is 2. The van der Waals surface area contributed by atoms with Gasteiger partial charge in [-0.1, -0.05) is 17.7 Å². The summed E-state index contributed by atoms with van der Waals surface area (Å²) in [4.78, 5) is 10.4. The van der Waals surface area contributed by atoms with E-state index in [9.17, 15) is 4.79 Å². The first-order chi connectivity index (χ1) is 7.63. The van der Waals surface area contributed by atoms with E-state index in [4.69, 9.17) is 22.0 Å². The third kappa shape index (κ3) is 3.64. The number of benzene rings is 1. The fraction of sp³-hybridized carbons (Fsp3) is 0.0909. The van der Waals surface area contributed by atoms with Gasteiger partial charge in [0, 0.05) is 17.6 Å². The van der Waals surface area contributed by atoms with Crippen LogP contribution in [0, 0.1) is 11.3 Å². The highest BCUT2D eigenvalue weighted by Crippen LogP contribution is 2.17. The molecule has 0 spiro atoms. The summed E-state index contributed by atoms with van der Waals surface area (Å²) in [6, 6.07) is 6.95. The molecule has 0 atom stereocenters. The van der Waals surface area contributed by atoms with Crippen molar-refractivity contribution in [2.24, 2.45) is 0 Å². The second-order valence-corrected chi connectivity index (χ2v) is 3.40. The normalized spacial score (nSPS) is 10.0. The Morgan fingerprint density at radius 3 is 3.00 bits per heavy atom. The minimum absolute atomic E-state index is 0.154. The van der Waals surface area contributed by atoms with Gasteiger partial charge in [0.1, 0.15) is 0 Å². The number of hydrogen-bond acceptors (Lipinski definition) is 2. The van der Waals surface area contributed by atoms with Gasteiger partial charge in [0.15, 0.2) is 0 Å². The maximum Gasteiger partial charge on any atom is 0.404 e. The summed E-state index contributed by atoms with van der Waals surface area (Å²) >= 11 is 5.80. The van der Waals surface area contributed by atoms with Crippen LogP contribution < -0.4 is 5.32 Å². The molecule has 0 saturated heterocycles. The van der Waals surface area contributed by atoms with E-state index < -0.39 is 6.09 Å². The molecule has 1 aromatic carbocycles. The highest BCUT2D eigenvalue weighted by Gasteiger charge is 2.02. The zero-order chi connectivity index (χ0) is 12.0. The summed E-state index contributed by atoms with van der Waals surface area (Å²) in [5.74, 6) is 0. The molecule has 1 rings (SSSR count). The minimum Gasteiger partial charge on any atom is -0.465 e. The molecular formula is C11H9ClN2O2. The van der Waals surface area contributed by atoms with Crippen LogP contribution in [0.25, 0.3) is 6.08 Å². The molecule has 2 N–H and O–H groups in total. The van der Waals surface area contributed by atoms with E-state index in [0.29, 0.717) is 5.02 Å². The second-order valence-electron chi connectivity index (χ2n) is 2.96. The van der Waals surface area contributed by atoms with E-state index in [1.165, 1.54) is 6.08 Å². The maximum atomic E-state index is 10.4. The van der Waals surface area contributed by atoms with E-state index in [0.717, 1.165) is 11.1 Å². The third-order valence-corrected chi connectivity index (χ3v) is 2.11. The van der Waals surface area contributed by atoms with Crippen LogP contribution in [0.5, 0.6) is 0 Å². The van der Waals surface area contributed by atoms with Crippen molar-refractivity contribution in [1.82, 2.24) is 5.32 Å². The predicted molar refractivity (Wildman–Crippen MR) is 61.0 cm³/mol. The lowest BCUT2D eigenvalue weighted by molar-refractivity contribution is 0.194. The first kappa shape index (κ1) is 12.1. The lowest BCUT2D eigenvalue weighted by atomic mass is 10.1. The molecule has 0 aliphatic rings. The smallest absolute Gasteiger partial charge is 0.404 e. The SMILES string of the molecule is N#CC=Cc1ccc(Cl)cc1CNC(=O)O. The van der Waals surface area contributed by atoms with Gasteiger partial charge in [-0.2, -0.15) is 5.26 Å². The Morgan fingerprint density at radius 2 is 2.38 bits per heavy atom. The number of rotatable bonds is 3. The molecule has 0 saturated carbocycles. The van der Waals surface area contributed by atoms with Crippen LogP contribution in [-0.4, -0.2) is 11.2 Å². The Morgan fingerprint density at radius 1 is 1.62 bits per heavy atom. The zero-order valence-corrected chi connectivity index (χ0v) is 9.03. The summed E-state index contributed by atoms with van der Waals surface area (Å²) in [7, 11) is 0. The number of nitriles is 1. The fourth-order valence-electron chi connectivity index (χ4n) is 1.19. The van der Waals surface area contributed by atoms with Crippen molar-refractivity contribution in [1.29, 1.82) is 5.26 Å². The summed E-state index contributed by atoms with van der Waals surface area (Å²) in [6.07, 6.45) is 1.83. The van der Waals surface area contributed by atoms with Gasteiger partial charge in [-0.25, -0.2) is 4.79 Å². The molecule has 16 heavy (non-hydrogen) atoms. The molecule has 0 aliphatic heterocycles. The van der Waals surface area contributed by atoms with Crippen molar-refractivity contribution >= 4 is 23.8 Å². The summed E-state index contributed by atoms with van der Waals surface area (Å²) in [5, 5.41) is 19.7. The average molecular weight is 237 g/mol. The van der Waals surface area contributed by atoms with Crippen LogP contribution >= 0.6 is 11.6 Å². The van der Waals surface area contributed by atoms with Gasteiger partial charge in [0.25, 0.3) is 0 Å². The summed E-state index contributed by atoms with van der Waals surface area (Å²) in [5.41, 5.74) is 1.49. The quantitative estimate of drug-likeness (QED) is 0.793. The molecule has 0 radical (unpaired) electrons. The zero-order valence-electron chi connectivity index (χ0n) is 8.27. The molecule has 0 heterocycles. The highest BCUT2D eigenvalue weighted by atomic mass is 35.5.